The highest BCUT2D eigenvalue weighted by Crippen LogP contribution is 2.23. The quantitative estimate of drug-likeness (QED) is 0.586. The molecule has 1 aromatic rings. The summed E-state index contributed by atoms with van der Waals surface area (Å²) in [6.07, 6.45) is 0. The van der Waals surface area contributed by atoms with Crippen molar-refractivity contribution in [1.82, 2.24) is 4.90 Å². The third-order valence-electron chi connectivity index (χ3n) is 2.73. The van der Waals surface area contributed by atoms with Gasteiger partial charge in [0.15, 0.2) is 0 Å². The number of nitro groups is 1. The molecule has 18 heavy (non-hydrogen) atoms. The van der Waals surface area contributed by atoms with E-state index in [1.807, 2.05) is 4.90 Å². The molecule has 0 saturated carbocycles. The lowest BCUT2D eigenvalue weighted by molar-refractivity contribution is -0.383. The van der Waals surface area contributed by atoms with Gasteiger partial charge < -0.3 is 11.1 Å². The lowest BCUT2D eigenvalue weighted by atomic mass is 10.1. The van der Waals surface area contributed by atoms with Gasteiger partial charge in [0.25, 0.3) is 5.69 Å². The number of para-hydroxylation sites is 2. The molecular formula is C11H14N4O3. The molecule has 3 N–H and O–H groups in total. The number of carbonyl (C=O) groups is 1. The van der Waals surface area contributed by atoms with E-state index in [2.05, 4.69) is 5.32 Å². The summed E-state index contributed by atoms with van der Waals surface area (Å²) >= 11 is 0. The van der Waals surface area contributed by atoms with Gasteiger partial charge in [-0.05, 0) is 6.07 Å². The van der Waals surface area contributed by atoms with Gasteiger partial charge in [0.05, 0.1) is 11.5 Å². The molecule has 0 bridgehead atoms. The Kier molecular flexibility index (Phi) is 3.54. The third-order valence-corrected chi connectivity index (χ3v) is 2.73. The molecule has 0 unspecified atom stereocenters. The predicted octanol–water partition coefficient (Wildman–Crippen LogP) is 0.176. The van der Waals surface area contributed by atoms with Crippen molar-refractivity contribution in [3.05, 3.63) is 34.4 Å². The summed E-state index contributed by atoms with van der Waals surface area (Å²) in [5, 5.41) is 13.3. The minimum Gasteiger partial charge on any atom is -0.325 e. The minimum atomic E-state index is -0.519. The van der Waals surface area contributed by atoms with Crippen molar-refractivity contribution in [1.29, 1.82) is 0 Å². The molecule has 0 atom stereocenters. The third kappa shape index (κ3) is 2.82. The Hall–Kier alpha value is -1.99. The fourth-order valence-corrected chi connectivity index (χ4v) is 1.87. The van der Waals surface area contributed by atoms with Crippen LogP contribution in [0.2, 0.25) is 0 Å². The predicted molar refractivity (Wildman–Crippen MR) is 66.1 cm³/mol. The maximum Gasteiger partial charge on any atom is 0.292 e. The number of nitrogens with zero attached hydrogens (tertiary/aromatic N) is 2. The number of amides is 1. The Labute approximate surface area is 104 Å². The highest BCUT2D eigenvalue weighted by Gasteiger charge is 2.25. The zero-order valence-corrected chi connectivity index (χ0v) is 9.70. The van der Waals surface area contributed by atoms with E-state index >= 15 is 0 Å². The summed E-state index contributed by atoms with van der Waals surface area (Å²) in [4.78, 5) is 23.8. The molecule has 96 valence electrons. The van der Waals surface area contributed by atoms with Crippen molar-refractivity contribution in [3.63, 3.8) is 0 Å². The second-order valence-electron chi connectivity index (χ2n) is 4.28. The average molecular weight is 250 g/mol. The normalized spacial score (nSPS) is 16.1. The Bertz CT molecular complexity index is 471. The van der Waals surface area contributed by atoms with Crippen molar-refractivity contribution >= 4 is 17.3 Å². The number of nitrogens with two attached hydrogens (primary N) is 1. The summed E-state index contributed by atoms with van der Waals surface area (Å²) < 4.78 is 0. The number of carbonyl (C=O) groups excluding carboxylic acids is 1. The first kappa shape index (κ1) is 12.5. The number of nitrogens with one attached hydrogen (secondary N) is 1. The zero-order valence-electron chi connectivity index (χ0n) is 9.70. The number of rotatable bonds is 4. The van der Waals surface area contributed by atoms with E-state index in [0.717, 1.165) is 0 Å². The molecule has 1 fully saturated rings. The van der Waals surface area contributed by atoms with Gasteiger partial charge in [0.1, 0.15) is 5.69 Å². The summed E-state index contributed by atoms with van der Waals surface area (Å²) in [6, 6.07) is 6.20. The van der Waals surface area contributed by atoms with Gasteiger partial charge in [-0.1, -0.05) is 12.1 Å². The van der Waals surface area contributed by atoms with Gasteiger partial charge in [-0.15, -0.1) is 0 Å². The summed E-state index contributed by atoms with van der Waals surface area (Å²) in [7, 11) is 0. The number of hydrogen-bond acceptors (Lipinski definition) is 5. The highest BCUT2D eigenvalue weighted by molar-refractivity contribution is 5.94. The van der Waals surface area contributed by atoms with Gasteiger partial charge in [-0.2, -0.15) is 0 Å². The summed E-state index contributed by atoms with van der Waals surface area (Å²) in [5.74, 6) is -0.267. The fourth-order valence-electron chi connectivity index (χ4n) is 1.87. The van der Waals surface area contributed by atoms with Crippen LogP contribution < -0.4 is 11.1 Å². The van der Waals surface area contributed by atoms with E-state index < -0.39 is 4.92 Å². The lowest BCUT2D eigenvalue weighted by Crippen LogP contribution is -2.57. The van der Waals surface area contributed by atoms with Crippen molar-refractivity contribution < 1.29 is 9.72 Å². The second kappa shape index (κ2) is 5.11. The van der Waals surface area contributed by atoms with Crippen LogP contribution >= 0.6 is 0 Å². The summed E-state index contributed by atoms with van der Waals surface area (Å²) in [6.45, 7) is 1.58. The van der Waals surface area contributed by atoms with Crippen LogP contribution in [0.15, 0.2) is 24.3 Å². The standard InChI is InChI=1S/C11H14N4O3/c12-8-5-14(6-8)7-11(16)13-9-3-1-2-4-10(9)15(17)18/h1-4,8H,5-7,12H2,(H,13,16). The molecule has 0 spiro atoms. The van der Waals surface area contributed by atoms with Crippen LogP contribution in [0.1, 0.15) is 0 Å². The average Bonchev–Trinajstić information content (AvgIpc) is 2.27. The van der Waals surface area contributed by atoms with Crippen LogP contribution in [0.25, 0.3) is 0 Å². The number of benzene rings is 1. The molecule has 2 rings (SSSR count). The first-order chi connectivity index (χ1) is 8.56. The van der Waals surface area contributed by atoms with E-state index in [9.17, 15) is 14.9 Å². The SMILES string of the molecule is NC1CN(CC(=O)Nc2ccccc2[N+](=O)[O-])C1. The molecule has 7 nitrogen and oxygen atoms in total. The molecule has 1 aliphatic rings. The smallest absolute Gasteiger partial charge is 0.292 e. The van der Waals surface area contributed by atoms with Crippen LogP contribution in [-0.2, 0) is 4.79 Å². The first-order valence-electron chi connectivity index (χ1n) is 5.57. The van der Waals surface area contributed by atoms with Gasteiger partial charge in [0.2, 0.25) is 5.91 Å². The van der Waals surface area contributed by atoms with Crippen molar-refractivity contribution in [2.24, 2.45) is 5.73 Å². The fraction of sp³-hybridized carbons (Fsp3) is 0.364. The number of nitro benzene ring substituents is 1. The summed E-state index contributed by atoms with van der Waals surface area (Å²) in [5.41, 5.74) is 5.71. The van der Waals surface area contributed by atoms with E-state index in [4.69, 9.17) is 5.73 Å². The Morgan fingerprint density at radius 2 is 2.17 bits per heavy atom. The topological polar surface area (TPSA) is 102 Å². The zero-order chi connectivity index (χ0) is 13.1. The maximum absolute atomic E-state index is 11.7. The van der Waals surface area contributed by atoms with Crippen LogP contribution in [0.5, 0.6) is 0 Å². The number of hydrogen-bond donors (Lipinski definition) is 2. The van der Waals surface area contributed by atoms with E-state index in [0.29, 0.717) is 13.1 Å². The first-order valence-corrected chi connectivity index (χ1v) is 5.57. The molecule has 0 aromatic heterocycles. The van der Waals surface area contributed by atoms with Crippen LogP contribution in [-0.4, -0.2) is 41.4 Å². The maximum atomic E-state index is 11.7. The van der Waals surface area contributed by atoms with Gasteiger partial charge in [0, 0.05) is 25.2 Å². The van der Waals surface area contributed by atoms with E-state index in [1.54, 1.807) is 12.1 Å². The largest absolute Gasteiger partial charge is 0.325 e. The van der Waals surface area contributed by atoms with Crippen molar-refractivity contribution in [3.8, 4) is 0 Å². The monoisotopic (exact) mass is 250 g/mol. The highest BCUT2D eigenvalue weighted by atomic mass is 16.6. The van der Waals surface area contributed by atoms with Crippen LogP contribution in [0.3, 0.4) is 0 Å². The molecule has 0 aliphatic carbocycles. The Balaban J connectivity index is 1.96. The van der Waals surface area contributed by atoms with Crippen molar-refractivity contribution in [2.75, 3.05) is 25.0 Å². The van der Waals surface area contributed by atoms with Gasteiger partial charge in [-0.25, -0.2) is 0 Å². The van der Waals surface area contributed by atoms with Gasteiger partial charge >= 0.3 is 0 Å². The minimum absolute atomic E-state index is 0.105. The second-order valence-corrected chi connectivity index (χ2v) is 4.28. The van der Waals surface area contributed by atoms with Gasteiger partial charge in [-0.3, -0.25) is 19.8 Å². The number of anilines is 1. The molecule has 1 aliphatic heterocycles. The molecule has 1 heterocycles. The Morgan fingerprint density at radius 3 is 2.78 bits per heavy atom. The molecule has 1 saturated heterocycles. The van der Waals surface area contributed by atoms with Crippen LogP contribution in [0, 0.1) is 10.1 Å². The lowest BCUT2D eigenvalue weighted by Gasteiger charge is -2.35. The van der Waals surface area contributed by atoms with E-state index in [-0.39, 0.29) is 29.9 Å². The molecular weight excluding hydrogens is 236 g/mol. The van der Waals surface area contributed by atoms with E-state index in [1.165, 1.54) is 12.1 Å². The number of likely N-dealkylation sites (tertiary alicyclic amines) is 1. The van der Waals surface area contributed by atoms with Crippen molar-refractivity contribution in [2.45, 2.75) is 6.04 Å². The molecule has 1 aromatic carbocycles. The van der Waals surface area contributed by atoms with Crippen LogP contribution in [0.4, 0.5) is 11.4 Å². The molecule has 0 radical (unpaired) electrons. The molecule has 7 heteroatoms. The molecule has 1 amide bonds. The Morgan fingerprint density at radius 1 is 1.50 bits per heavy atom.